The molecule has 2 amide bonds. The summed E-state index contributed by atoms with van der Waals surface area (Å²) in [5.74, 6) is 0.859. The summed E-state index contributed by atoms with van der Waals surface area (Å²) in [5.41, 5.74) is 1.53. The fraction of sp³-hybridized carbons (Fsp3) is 0.450. The largest absolute Gasteiger partial charge is 0.444 e. The lowest BCUT2D eigenvalue weighted by molar-refractivity contribution is -0.136. The molecule has 0 unspecified atom stereocenters. The fourth-order valence-corrected chi connectivity index (χ4v) is 2.99. The number of imidazole rings is 1. The van der Waals surface area contributed by atoms with Crippen molar-refractivity contribution in [2.24, 2.45) is 0 Å². The normalized spacial score (nSPS) is 15.2. The Labute approximate surface area is 159 Å². The van der Waals surface area contributed by atoms with Crippen LogP contribution in [0.15, 0.2) is 36.7 Å². The van der Waals surface area contributed by atoms with Crippen molar-refractivity contribution >= 4 is 12.0 Å². The van der Waals surface area contributed by atoms with Gasteiger partial charge in [-0.1, -0.05) is 12.1 Å². The summed E-state index contributed by atoms with van der Waals surface area (Å²) >= 11 is 0. The first-order valence-electron chi connectivity index (χ1n) is 9.08. The highest BCUT2D eigenvalue weighted by Gasteiger charge is 2.30. The van der Waals surface area contributed by atoms with E-state index < -0.39 is 11.7 Å². The quantitative estimate of drug-likeness (QED) is 0.833. The second-order valence-electron chi connectivity index (χ2n) is 7.73. The Morgan fingerprint density at radius 1 is 1.19 bits per heavy atom. The topological polar surface area (TPSA) is 67.7 Å². The number of hydrogen-bond donors (Lipinski definition) is 0. The van der Waals surface area contributed by atoms with E-state index in [1.165, 1.54) is 4.90 Å². The van der Waals surface area contributed by atoms with Gasteiger partial charge in [0.2, 0.25) is 5.91 Å². The maximum atomic E-state index is 12.4. The van der Waals surface area contributed by atoms with Crippen molar-refractivity contribution in [3.63, 3.8) is 0 Å². The van der Waals surface area contributed by atoms with E-state index in [1.54, 1.807) is 11.1 Å². The minimum Gasteiger partial charge on any atom is -0.444 e. The Hall–Kier alpha value is -2.83. The van der Waals surface area contributed by atoms with Crippen molar-refractivity contribution in [1.29, 1.82) is 0 Å². The molecule has 7 nitrogen and oxygen atoms in total. The number of rotatable bonds is 3. The monoisotopic (exact) mass is 370 g/mol. The molecule has 27 heavy (non-hydrogen) atoms. The van der Waals surface area contributed by atoms with Crippen LogP contribution in [0.25, 0.3) is 5.69 Å². The van der Waals surface area contributed by atoms with Crippen molar-refractivity contribution in [3.05, 3.63) is 48.0 Å². The number of piperazine rings is 1. The number of ether oxygens (including phenoxy) is 1. The van der Waals surface area contributed by atoms with Crippen LogP contribution in [0, 0.1) is 6.92 Å². The first-order valence-corrected chi connectivity index (χ1v) is 9.08. The van der Waals surface area contributed by atoms with E-state index in [4.69, 9.17) is 4.74 Å². The lowest BCUT2D eigenvalue weighted by Gasteiger charge is -2.35. The van der Waals surface area contributed by atoms with Crippen molar-refractivity contribution in [2.45, 2.75) is 39.8 Å². The van der Waals surface area contributed by atoms with Gasteiger partial charge >= 0.3 is 6.09 Å². The smallest absolute Gasteiger partial charge is 0.410 e. The number of aromatic nitrogens is 2. The van der Waals surface area contributed by atoms with Crippen LogP contribution in [0.4, 0.5) is 4.79 Å². The zero-order valence-corrected chi connectivity index (χ0v) is 16.3. The average molecular weight is 370 g/mol. The van der Waals surface area contributed by atoms with Gasteiger partial charge in [-0.15, -0.1) is 0 Å². The SMILES string of the molecule is Cc1nccn1-c1ccc(CN2CCN(C(=O)OC(C)(C)C)CC2=O)cc1. The standard InChI is InChI=1S/C20H26N4O3/c1-15-21-9-10-24(15)17-7-5-16(6-8-17)13-22-11-12-23(14-18(22)25)19(26)27-20(2,3)4/h5-10H,11-14H2,1-4H3. The Balaban J connectivity index is 1.59. The molecule has 0 spiro atoms. The third kappa shape index (κ3) is 4.67. The molecule has 1 aromatic heterocycles. The van der Waals surface area contributed by atoms with Crippen molar-refractivity contribution in [2.75, 3.05) is 19.6 Å². The minimum absolute atomic E-state index is 0.0568. The molecule has 1 aliphatic heterocycles. The zero-order valence-electron chi connectivity index (χ0n) is 16.3. The third-order valence-corrected chi connectivity index (χ3v) is 4.38. The van der Waals surface area contributed by atoms with E-state index in [-0.39, 0.29) is 12.5 Å². The molecule has 1 aromatic carbocycles. The van der Waals surface area contributed by atoms with Crippen molar-refractivity contribution in [3.8, 4) is 5.69 Å². The molecule has 1 saturated heterocycles. The second-order valence-corrected chi connectivity index (χ2v) is 7.73. The van der Waals surface area contributed by atoms with Gasteiger partial charge in [0.25, 0.3) is 0 Å². The van der Waals surface area contributed by atoms with Crippen LogP contribution in [0.5, 0.6) is 0 Å². The number of carbonyl (C=O) groups is 2. The van der Waals surface area contributed by atoms with E-state index in [0.29, 0.717) is 19.6 Å². The first kappa shape index (κ1) is 18.9. The van der Waals surface area contributed by atoms with E-state index in [2.05, 4.69) is 4.98 Å². The number of benzene rings is 1. The van der Waals surface area contributed by atoms with E-state index in [1.807, 2.05) is 62.7 Å². The summed E-state index contributed by atoms with van der Waals surface area (Å²) in [6.45, 7) is 8.98. The van der Waals surface area contributed by atoms with Gasteiger partial charge in [-0.25, -0.2) is 9.78 Å². The molecular formula is C20H26N4O3. The predicted molar refractivity (Wildman–Crippen MR) is 102 cm³/mol. The Morgan fingerprint density at radius 3 is 2.44 bits per heavy atom. The molecule has 7 heteroatoms. The summed E-state index contributed by atoms with van der Waals surface area (Å²) in [6.07, 6.45) is 3.26. The van der Waals surface area contributed by atoms with Gasteiger partial charge in [-0.3, -0.25) is 9.69 Å². The van der Waals surface area contributed by atoms with Gasteiger partial charge in [0.15, 0.2) is 0 Å². The summed E-state index contributed by atoms with van der Waals surface area (Å²) < 4.78 is 7.35. The van der Waals surface area contributed by atoms with Gasteiger partial charge in [-0.2, -0.15) is 0 Å². The highest BCUT2D eigenvalue weighted by Crippen LogP contribution is 2.16. The molecule has 3 rings (SSSR count). The van der Waals surface area contributed by atoms with Crippen LogP contribution in [-0.4, -0.2) is 56.6 Å². The second kappa shape index (κ2) is 7.42. The molecule has 0 radical (unpaired) electrons. The third-order valence-electron chi connectivity index (χ3n) is 4.38. The Kier molecular flexibility index (Phi) is 5.21. The molecule has 1 aliphatic rings. The fourth-order valence-electron chi connectivity index (χ4n) is 2.99. The molecule has 0 atom stereocenters. The number of nitrogens with zero attached hydrogens (tertiary/aromatic N) is 4. The molecule has 0 aliphatic carbocycles. The molecule has 0 saturated carbocycles. The minimum atomic E-state index is -0.563. The number of amides is 2. The average Bonchev–Trinajstić information content (AvgIpc) is 3.02. The number of aryl methyl sites for hydroxylation is 1. The molecular weight excluding hydrogens is 344 g/mol. The van der Waals surface area contributed by atoms with Crippen molar-refractivity contribution in [1.82, 2.24) is 19.4 Å². The molecule has 2 aromatic rings. The summed E-state index contributed by atoms with van der Waals surface area (Å²) in [5, 5.41) is 0. The van der Waals surface area contributed by atoms with Crippen LogP contribution >= 0.6 is 0 Å². The summed E-state index contributed by atoms with van der Waals surface area (Å²) in [7, 11) is 0. The van der Waals surface area contributed by atoms with Gasteiger partial charge in [0.05, 0.1) is 0 Å². The molecule has 144 valence electrons. The number of hydrogen-bond acceptors (Lipinski definition) is 4. The summed E-state index contributed by atoms with van der Waals surface area (Å²) in [4.78, 5) is 32.0. The zero-order chi connectivity index (χ0) is 19.6. The lowest BCUT2D eigenvalue weighted by Crippen LogP contribution is -2.52. The van der Waals surface area contributed by atoms with Crippen LogP contribution in [0.2, 0.25) is 0 Å². The Morgan fingerprint density at radius 2 is 1.89 bits per heavy atom. The summed E-state index contributed by atoms with van der Waals surface area (Å²) in [6, 6.07) is 8.07. The van der Waals surface area contributed by atoms with Gasteiger partial charge in [0, 0.05) is 37.7 Å². The lowest BCUT2D eigenvalue weighted by atomic mass is 10.1. The van der Waals surface area contributed by atoms with Gasteiger partial charge in [-0.05, 0) is 45.4 Å². The van der Waals surface area contributed by atoms with E-state index in [9.17, 15) is 9.59 Å². The van der Waals surface area contributed by atoms with E-state index >= 15 is 0 Å². The maximum Gasteiger partial charge on any atom is 0.410 e. The van der Waals surface area contributed by atoms with Crippen molar-refractivity contribution < 1.29 is 14.3 Å². The number of carbonyl (C=O) groups excluding carboxylic acids is 2. The first-order chi connectivity index (χ1) is 12.7. The van der Waals surface area contributed by atoms with Crippen LogP contribution in [0.1, 0.15) is 32.2 Å². The highest BCUT2D eigenvalue weighted by atomic mass is 16.6. The van der Waals surface area contributed by atoms with Gasteiger partial charge < -0.3 is 14.2 Å². The van der Waals surface area contributed by atoms with Crippen LogP contribution < -0.4 is 0 Å². The van der Waals surface area contributed by atoms with Crippen LogP contribution in [-0.2, 0) is 16.1 Å². The molecule has 1 fully saturated rings. The van der Waals surface area contributed by atoms with Gasteiger partial charge in [0.1, 0.15) is 18.0 Å². The maximum absolute atomic E-state index is 12.4. The Bertz CT molecular complexity index is 820. The van der Waals surface area contributed by atoms with Crippen LogP contribution in [0.3, 0.4) is 0 Å². The van der Waals surface area contributed by atoms with E-state index in [0.717, 1.165) is 17.1 Å². The highest BCUT2D eigenvalue weighted by molar-refractivity contribution is 5.83. The predicted octanol–water partition coefficient (Wildman–Crippen LogP) is 2.76. The molecule has 0 N–H and O–H groups in total. The molecule has 0 bridgehead atoms. The molecule has 2 heterocycles.